The van der Waals surface area contributed by atoms with Gasteiger partial charge in [0.1, 0.15) is 11.5 Å². The highest BCUT2D eigenvalue weighted by Crippen LogP contribution is 2.56. The van der Waals surface area contributed by atoms with E-state index in [1.165, 1.54) is 16.7 Å². The highest BCUT2D eigenvalue weighted by atomic mass is 16.6. The Morgan fingerprint density at radius 1 is 0.750 bits per heavy atom. The second-order valence-corrected chi connectivity index (χ2v) is 12.8. The molecule has 5 aromatic carbocycles. The molecule has 0 radical (unpaired) electrons. The van der Waals surface area contributed by atoms with Gasteiger partial charge in [0.15, 0.2) is 5.60 Å². The van der Waals surface area contributed by atoms with Gasteiger partial charge in [-0.15, -0.1) is 0 Å². The highest BCUT2D eigenvalue weighted by Gasteiger charge is 2.53. The van der Waals surface area contributed by atoms with E-state index >= 15 is 0 Å². The first-order valence-corrected chi connectivity index (χ1v) is 15.0. The molecule has 5 heteroatoms. The van der Waals surface area contributed by atoms with Crippen molar-refractivity contribution in [3.8, 4) is 11.5 Å². The Hall–Kier alpha value is -5.03. The number of benzene rings is 5. The lowest BCUT2D eigenvalue weighted by Gasteiger charge is -2.37. The Balaban J connectivity index is 1.37. The van der Waals surface area contributed by atoms with Crippen LogP contribution in [0.3, 0.4) is 0 Å². The molecular weight excluding hydrogens is 544 g/mol. The zero-order valence-corrected chi connectivity index (χ0v) is 26.0. The molecule has 1 N–H and O–H groups in total. The van der Waals surface area contributed by atoms with E-state index in [-0.39, 0.29) is 11.4 Å². The number of nitrogens with one attached hydrogen (secondary N) is 1. The number of anilines is 4. The number of nitrogens with zero attached hydrogens (tertiary/aromatic N) is 1. The molecule has 2 heterocycles. The van der Waals surface area contributed by atoms with Crippen LogP contribution in [0.5, 0.6) is 11.5 Å². The number of aryl methyl sites for hydroxylation is 2. The van der Waals surface area contributed by atoms with Gasteiger partial charge in [-0.05, 0) is 72.9 Å². The SMILES string of the molecule is Cc1ccc(Nc2c(N(C)c3ccc4c(c3)Oc3ccccc3C43OC(=O)c4ccccc43)ccc(C)c2C(C)(C)C)cc1. The number of esters is 1. The number of fused-ring (bicyclic) bond motifs is 6. The summed E-state index contributed by atoms with van der Waals surface area (Å²) < 4.78 is 12.9. The summed E-state index contributed by atoms with van der Waals surface area (Å²) >= 11 is 0. The number of carbonyl (C=O) groups excluding carboxylic acids is 1. The number of ether oxygens (including phenoxy) is 2. The molecule has 0 bridgehead atoms. The summed E-state index contributed by atoms with van der Waals surface area (Å²) in [6.45, 7) is 11.0. The highest BCUT2D eigenvalue weighted by molar-refractivity contribution is 5.97. The van der Waals surface area contributed by atoms with Crippen LogP contribution < -0.4 is 15.0 Å². The maximum atomic E-state index is 13.2. The molecule has 2 aliphatic rings. The molecule has 5 aromatic rings. The molecule has 1 unspecified atom stereocenters. The zero-order valence-electron chi connectivity index (χ0n) is 26.0. The lowest BCUT2D eigenvalue weighted by atomic mass is 9.77. The van der Waals surface area contributed by atoms with Gasteiger partial charge in [-0.25, -0.2) is 4.79 Å². The maximum absolute atomic E-state index is 13.2. The smallest absolute Gasteiger partial charge is 0.340 e. The summed E-state index contributed by atoms with van der Waals surface area (Å²) in [5.41, 5.74) is 9.70. The van der Waals surface area contributed by atoms with Gasteiger partial charge in [0, 0.05) is 41.2 Å². The first-order valence-electron chi connectivity index (χ1n) is 15.0. The number of para-hydroxylation sites is 1. The van der Waals surface area contributed by atoms with Crippen molar-refractivity contribution in [2.75, 3.05) is 17.3 Å². The lowest BCUT2D eigenvalue weighted by molar-refractivity contribution is 0.0224. The largest absolute Gasteiger partial charge is 0.456 e. The molecule has 0 aromatic heterocycles. The van der Waals surface area contributed by atoms with Gasteiger partial charge >= 0.3 is 5.97 Å². The van der Waals surface area contributed by atoms with Crippen molar-refractivity contribution in [1.82, 2.24) is 0 Å². The third kappa shape index (κ3) is 4.26. The minimum atomic E-state index is -1.07. The Labute approximate surface area is 259 Å². The molecule has 7 rings (SSSR count). The van der Waals surface area contributed by atoms with Gasteiger partial charge in [0.25, 0.3) is 0 Å². The van der Waals surface area contributed by atoms with Gasteiger partial charge in [-0.1, -0.05) is 80.9 Å². The molecule has 1 atom stereocenters. The van der Waals surface area contributed by atoms with Crippen LogP contribution in [0.4, 0.5) is 22.7 Å². The molecule has 0 saturated carbocycles. The average molecular weight is 581 g/mol. The summed E-state index contributed by atoms with van der Waals surface area (Å²) in [6, 6.07) is 34.5. The second-order valence-electron chi connectivity index (χ2n) is 12.8. The third-order valence-electron chi connectivity index (χ3n) is 8.81. The molecule has 0 amide bonds. The molecule has 0 fully saturated rings. The minimum Gasteiger partial charge on any atom is -0.456 e. The molecular formula is C39H36N2O3. The van der Waals surface area contributed by atoms with Gasteiger partial charge in [-0.2, -0.15) is 0 Å². The summed E-state index contributed by atoms with van der Waals surface area (Å²) in [7, 11) is 2.08. The fourth-order valence-electron chi connectivity index (χ4n) is 6.81. The van der Waals surface area contributed by atoms with Crippen LogP contribution in [0.25, 0.3) is 0 Å². The van der Waals surface area contributed by atoms with E-state index in [0.29, 0.717) is 17.1 Å². The Bertz CT molecular complexity index is 1940. The number of carbonyl (C=O) groups is 1. The van der Waals surface area contributed by atoms with E-state index < -0.39 is 5.60 Å². The number of rotatable bonds is 4. The molecule has 5 nitrogen and oxygen atoms in total. The maximum Gasteiger partial charge on any atom is 0.340 e. The van der Waals surface area contributed by atoms with Crippen LogP contribution in [0.2, 0.25) is 0 Å². The molecule has 44 heavy (non-hydrogen) atoms. The summed E-state index contributed by atoms with van der Waals surface area (Å²) in [5, 5.41) is 3.77. The molecule has 1 spiro atoms. The van der Waals surface area contributed by atoms with Crippen molar-refractivity contribution < 1.29 is 14.3 Å². The van der Waals surface area contributed by atoms with Crippen molar-refractivity contribution in [1.29, 1.82) is 0 Å². The fourth-order valence-corrected chi connectivity index (χ4v) is 6.81. The quantitative estimate of drug-likeness (QED) is 0.215. The zero-order chi connectivity index (χ0) is 30.8. The fraction of sp³-hybridized carbons (Fsp3) is 0.205. The monoisotopic (exact) mass is 580 g/mol. The lowest BCUT2D eigenvalue weighted by Crippen LogP contribution is -2.33. The van der Waals surface area contributed by atoms with Gasteiger partial charge in [-0.3, -0.25) is 0 Å². The van der Waals surface area contributed by atoms with Crippen LogP contribution in [0, 0.1) is 13.8 Å². The van der Waals surface area contributed by atoms with Crippen LogP contribution in [0.1, 0.15) is 64.5 Å². The van der Waals surface area contributed by atoms with E-state index in [4.69, 9.17) is 9.47 Å². The molecule has 2 aliphatic heterocycles. The van der Waals surface area contributed by atoms with E-state index in [0.717, 1.165) is 39.4 Å². The molecule has 220 valence electrons. The second kappa shape index (κ2) is 10.0. The van der Waals surface area contributed by atoms with E-state index in [1.54, 1.807) is 0 Å². The first-order chi connectivity index (χ1) is 21.1. The third-order valence-corrected chi connectivity index (χ3v) is 8.81. The van der Waals surface area contributed by atoms with Crippen LogP contribution in [-0.4, -0.2) is 13.0 Å². The Kier molecular flexibility index (Phi) is 6.33. The van der Waals surface area contributed by atoms with Crippen molar-refractivity contribution in [3.63, 3.8) is 0 Å². The van der Waals surface area contributed by atoms with Crippen LogP contribution in [-0.2, 0) is 15.8 Å². The van der Waals surface area contributed by atoms with Crippen LogP contribution >= 0.6 is 0 Å². The number of hydrogen-bond donors (Lipinski definition) is 1. The first kappa shape index (κ1) is 27.8. The normalized spacial score (nSPS) is 16.5. The predicted octanol–water partition coefficient (Wildman–Crippen LogP) is 9.68. The average Bonchev–Trinajstić information content (AvgIpc) is 3.30. The summed E-state index contributed by atoms with van der Waals surface area (Å²) in [5.74, 6) is 1.01. The van der Waals surface area contributed by atoms with Crippen molar-refractivity contribution in [2.45, 2.75) is 45.6 Å². The Morgan fingerprint density at radius 3 is 2.18 bits per heavy atom. The van der Waals surface area contributed by atoms with E-state index in [2.05, 4.69) is 94.3 Å². The van der Waals surface area contributed by atoms with E-state index in [9.17, 15) is 4.79 Å². The molecule has 0 saturated heterocycles. The van der Waals surface area contributed by atoms with Crippen molar-refractivity contribution in [3.05, 3.63) is 142 Å². The summed E-state index contributed by atoms with van der Waals surface area (Å²) in [6.07, 6.45) is 0. The van der Waals surface area contributed by atoms with Crippen LogP contribution in [0.15, 0.2) is 103 Å². The van der Waals surface area contributed by atoms with Crippen molar-refractivity contribution >= 4 is 28.7 Å². The topological polar surface area (TPSA) is 50.8 Å². The Morgan fingerprint density at radius 2 is 1.43 bits per heavy atom. The van der Waals surface area contributed by atoms with Gasteiger partial charge < -0.3 is 19.7 Å². The summed E-state index contributed by atoms with van der Waals surface area (Å²) in [4.78, 5) is 15.4. The minimum absolute atomic E-state index is 0.0945. The van der Waals surface area contributed by atoms with Gasteiger partial charge in [0.2, 0.25) is 0 Å². The van der Waals surface area contributed by atoms with Crippen molar-refractivity contribution in [2.24, 2.45) is 0 Å². The van der Waals surface area contributed by atoms with Gasteiger partial charge in [0.05, 0.1) is 16.9 Å². The number of hydrogen-bond acceptors (Lipinski definition) is 5. The molecule has 0 aliphatic carbocycles. The predicted molar refractivity (Wildman–Crippen MR) is 177 cm³/mol. The van der Waals surface area contributed by atoms with E-state index in [1.807, 2.05) is 60.7 Å². The standard InChI is InChI=1S/C39H36N2O3/c1-24-15-18-26(19-16-24)40-36-32(22-17-25(2)35(36)38(3,4)5)41(6)27-20-21-31-34(23-27)43-33-14-10-9-13-30(33)39(31)29-12-8-7-11-28(29)37(42)44-39/h7-23,40H,1-6H3.